The molecular weight excluding hydrogens is 276 g/mol. The van der Waals surface area contributed by atoms with Crippen molar-refractivity contribution in [2.24, 2.45) is 0 Å². The summed E-state index contributed by atoms with van der Waals surface area (Å²) in [5, 5.41) is 3.91. The molecular formula is C18H34N2S. The summed E-state index contributed by atoms with van der Waals surface area (Å²) < 4.78 is 0.539. The van der Waals surface area contributed by atoms with Crippen LogP contribution in [0.2, 0.25) is 0 Å². The van der Waals surface area contributed by atoms with Crippen LogP contribution < -0.4 is 5.32 Å². The van der Waals surface area contributed by atoms with Gasteiger partial charge in [-0.05, 0) is 58.9 Å². The fourth-order valence-electron chi connectivity index (χ4n) is 3.61. The molecule has 0 spiro atoms. The van der Waals surface area contributed by atoms with Gasteiger partial charge in [0, 0.05) is 23.9 Å². The molecule has 2 rings (SSSR count). The van der Waals surface area contributed by atoms with E-state index in [1.807, 2.05) is 0 Å². The van der Waals surface area contributed by atoms with Gasteiger partial charge in [0.1, 0.15) is 0 Å². The number of hydrogen-bond acceptors (Lipinski definition) is 3. The smallest absolute Gasteiger partial charge is 0.0281 e. The zero-order valence-electron chi connectivity index (χ0n) is 14.3. The lowest BCUT2D eigenvalue weighted by atomic mass is 9.87. The van der Waals surface area contributed by atoms with Crippen LogP contribution in [0.4, 0.5) is 0 Å². The first-order valence-corrected chi connectivity index (χ1v) is 10.0. The molecule has 0 amide bonds. The molecule has 2 aliphatic rings. The van der Waals surface area contributed by atoms with Gasteiger partial charge in [0.25, 0.3) is 0 Å². The lowest BCUT2D eigenvalue weighted by Gasteiger charge is -2.39. The standard InChI is InChI=1S/C18H34N2S/c1-16(2)7-12-20-13-8-17(9-14-20)19-15-18(21-3)10-5-4-6-11-18/h7,17,19H,4-6,8-15H2,1-3H3. The van der Waals surface area contributed by atoms with Gasteiger partial charge in [-0.25, -0.2) is 0 Å². The lowest BCUT2D eigenvalue weighted by Crippen LogP contribution is -2.48. The van der Waals surface area contributed by atoms with E-state index in [-0.39, 0.29) is 0 Å². The number of allylic oxidation sites excluding steroid dienone is 1. The van der Waals surface area contributed by atoms with Crippen LogP contribution in [0.15, 0.2) is 11.6 Å². The Bertz CT molecular complexity index is 322. The second-order valence-electron chi connectivity index (χ2n) is 7.19. The first kappa shape index (κ1) is 17.4. The minimum absolute atomic E-state index is 0.539. The zero-order chi connectivity index (χ0) is 15.1. The summed E-state index contributed by atoms with van der Waals surface area (Å²) in [4.78, 5) is 2.59. The average molecular weight is 311 g/mol. The Morgan fingerprint density at radius 2 is 1.86 bits per heavy atom. The van der Waals surface area contributed by atoms with Gasteiger partial charge in [-0.3, -0.25) is 4.90 Å². The summed E-state index contributed by atoms with van der Waals surface area (Å²) in [6.45, 7) is 9.28. The molecule has 0 aromatic carbocycles. The number of nitrogens with zero attached hydrogens (tertiary/aromatic N) is 1. The highest BCUT2D eigenvalue weighted by atomic mass is 32.2. The Morgan fingerprint density at radius 3 is 2.43 bits per heavy atom. The average Bonchev–Trinajstić information content (AvgIpc) is 2.53. The van der Waals surface area contributed by atoms with Crippen LogP contribution in [0.25, 0.3) is 0 Å². The Morgan fingerprint density at radius 1 is 1.19 bits per heavy atom. The monoisotopic (exact) mass is 310 g/mol. The van der Waals surface area contributed by atoms with Crippen molar-refractivity contribution < 1.29 is 0 Å². The molecule has 1 heterocycles. The fraction of sp³-hybridized carbons (Fsp3) is 0.889. The van der Waals surface area contributed by atoms with E-state index in [4.69, 9.17) is 0 Å². The Hall–Kier alpha value is 0.0100. The number of hydrogen-bond donors (Lipinski definition) is 1. The third-order valence-corrected chi connectivity index (χ3v) is 6.67. The first-order valence-electron chi connectivity index (χ1n) is 8.78. The van der Waals surface area contributed by atoms with Crippen LogP contribution in [-0.4, -0.2) is 48.1 Å². The maximum atomic E-state index is 3.91. The minimum atomic E-state index is 0.539. The van der Waals surface area contributed by atoms with Crippen molar-refractivity contribution in [3.8, 4) is 0 Å². The van der Waals surface area contributed by atoms with Gasteiger partial charge < -0.3 is 5.32 Å². The molecule has 0 aromatic rings. The predicted octanol–water partition coefficient (Wildman–Crippen LogP) is 4.07. The van der Waals surface area contributed by atoms with Crippen molar-refractivity contribution in [3.63, 3.8) is 0 Å². The van der Waals surface area contributed by atoms with Crippen LogP contribution in [0.1, 0.15) is 58.8 Å². The lowest BCUT2D eigenvalue weighted by molar-refractivity contribution is 0.210. The van der Waals surface area contributed by atoms with Crippen molar-refractivity contribution in [3.05, 3.63) is 11.6 Å². The van der Waals surface area contributed by atoms with Crippen LogP contribution >= 0.6 is 11.8 Å². The van der Waals surface area contributed by atoms with E-state index < -0.39 is 0 Å². The number of rotatable bonds is 6. The van der Waals surface area contributed by atoms with Crippen molar-refractivity contribution in [2.45, 2.75) is 69.6 Å². The molecule has 0 aromatic heterocycles. The number of nitrogens with one attached hydrogen (secondary N) is 1. The van der Waals surface area contributed by atoms with Crippen LogP contribution in [0, 0.1) is 0 Å². The summed E-state index contributed by atoms with van der Waals surface area (Å²) in [6.07, 6.45) is 14.5. The summed E-state index contributed by atoms with van der Waals surface area (Å²) in [5.74, 6) is 0. The van der Waals surface area contributed by atoms with Crippen LogP contribution in [-0.2, 0) is 0 Å². The first-order chi connectivity index (χ1) is 10.1. The van der Waals surface area contributed by atoms with Crippen molar-refractivity contribution in [2.75, 3.05) is 32.4 Å². The van der Waals surface area contributed by atoms with Gasteiger partial charge in [0.15, 0.2) is 0 Å². The Balaban J connectivity index is 1.69. The van der Waals surface area contributed by atoms with E-state index in [0.717, 1.165) is 12.6 Å². The number of likely N-dealkylation sites (tertiary alicyclic amines) is 1. The van der Waals surface area contributed by atoms with E-state index in [0.29, 0.717) is 4.75 Å². The molecule has 2 nitrogen and oxygen atoms in total. The molecule has 0 atom stereocenters. The molecule has 0 bridgehead atoms. The van der Waals surface area contributed by atoms with Gasteiger partial charge in [0.05, 0.1) is 0 Å². The summed E-state index contributed by atoms with van der Waals surface area (Å²) in [5.41, 5.74) is 1.44. The highest BCUT2D eigenvalue weighted by Crippen LogP contribution is 2.38. The Labute approximate surface area is 136 Å². The second kappa shape index (κ2) is 8.59. The largest absolute Gasteiger partial charge is 0.313 e. The molecule has 1 aliphatic carbocycles. The Kier molecular flexibility index (Phi) is 7.11. The van der Waals surface area contributed by atoms with Gasteiger partial charge in [0.2, 0.25) is 0 Å². The minimum Gasteiger partial charge on any atom is -0.313 e. The van der Waals surface area contributed by atoms with Gasteiger partial charge >= 0.3 is 0 Å². The van der Waals surface area contributed by atoms with E-state index in [1.165, 1.54) is 70.2 Å². The van der Waals surface area contributed by atoms with Gasteiger partial charge in [-0.1, -0.05) is 30.9 Å². The topological polar surface area (TPSA) is 15.3 Å². The highest BCUT2D eigenvalue weighted by molar-refractivity contribution is 8.00. The van der Waals surface area contributed by atoms with E-state index in [2.05, 4.69) is 48.2 Å². The highest BCUT2D eigenvalue weighted by Gasteiger charge is 2.31. The van der Waals surface area contributed by atoms with Gasteiger partial charge in [-0.15, -0.1) is 0 Å². The summed E-state index contributed by atoms with van der Waals surface area (Å²) >= 11 is 2.11. The normalized spacial score (nSPS) is 24.0. The molecule has 3 heteroatoms. The van der Waals surface area contributed by atoms with Gasteiger partial charge in [-0.2, -0.15) is 11.8 Å². The third kappa shape index (κ3) is 5.61. The summed E-state index contributed by atoms with van der Waals surface area (Å²) in [7, 11) is 0. The maximum Gasteiger partial charge on any atom is 0.0281 e. The molecule has 1 saturated heterocycles. The quantitative estimate of drug-likeness (QED) is 0.744. The molecule has 2 fully saturated rings. The van der Waals surface area contributed by atoms with Crippen molar-refractivity contribution >= 4 is 11.8 Å². The van der Waals surface area contributed by atoms with E-state index in [1.54, 1.807) is 0 Å². The fourth-order valence-corrected chi connectivity index (χ4v) is 4.54. The van der Waals surface area contributed by atoms with Crippen LogP contribution in [0.3, 0.4) is 0 Å². The molecule has 0 unspecified atom stereocenters. The molecule has 0 radical (unpaired) electrons. The number of piperidine rings is 1. The van der Waals surface area contributed by atoms with Crippen molar-refractivity contribution in [1.82, 2.24) is 10.2 Å². The third-order valence-electron chi connectivity index (χ3n) is 5.26. The van der Waals surface area contributed by atoms with Crippen LogP contribution in [0.5, 0.6) is 0 Å². The predicted molar refractivity (Wildman–Crippen MR) is 96.2 cm³/mol. The molecule has 21 heavy (non-hydrogen) atoms. The SMILES string of the molecule is CSC1(CNC2CCN(CC=C(C)C)CC2)CCCCC1. The molecule has 122 valence electrons. The summed E-state index contributed by atoms with van der Waals surface area (Å²) in [6, 6.07) is 0.749. The molecule has 1 aliphatic heterocycles. The molecule has 1 saturated carbocycles. The zero-order valence-corrected chi connectivity index (χ0v) is 15.1. The second-order valence-corrected chi connectivity index (χ2v) is 8.46. The maximum absolute atomic E-state index is 3.91. The number of thioether (sulfide) groups is 1. The van der Waals surface area contributed by atoms with E-state index in [9.17, 15) is 0 Å². The van der Waals surface area contributed by atoms with Crippen molar-refractivity contribution in [1.29, 1.82) is 0 Å². The molecule has 1 N–H and O–H groups in total. The van der Waals surface area contributed by atoms with E-state index >= 15 is 0 Å².